The second-order valence-corrected chi connectivity index (χ2v) is 3.73. The van der Waals surface area contributed by atoms with Crippen LogP contribution >= 0.6 is 0 Å². The quantitative estimate of drug-likeness (QED) is 0.413. The van der Waals surface area contributed by atoms with Crippen LogP contribution < -0.4 is 16.2 Å². The summed E-state index contributed by atoms with van der Waals surface area (Å²) in [4.78, 5) is 30.3. The fourth-order valence-corrected chi connectivity index (χ4v) is 1.65. The predicted octanol–water partition coefficient (Wildman–Crippen LogP) is -0.443. The maximum Gasteiger partial charge on any atom is 0.325 e. The number of hydrazine groups is 1. The minimum atomic E-state index is -0.409. The van der Waals surface area contributed by atoms with E-state index in [2.05, 4.69) is 4.98 Å². The number of nitrogens with one attached hydrogen (secondary N) is 1. The molecule has 1 aliphatic heterocycles. The van der Waals surface area contributed by atoms with Crippen molar-refractivity contribution in [1.29, 1.82) is 0 Å². The monoisotopic (exact) mass is 235 g/mol. The standard InChI is InChI=1S/C10H13N5O2/c1-14-4-5-15(10(14)17)8-6-7(2-3-12-8)9(16)13-11/h2-3,6H,4-5,11H2,1H3,(H,13,16). The molecule has 17 heavy (non-hydrogen) atoms. The number of carbonyl (C=O) groups excluding carboxylic acids is 2. The fraction of sp³-hybridized carbons (Fsp3) is 0.300. The summed E-state index contributed by atoms with van der Waals surface area (Å²) in [6, 6.07) is 2.96. The Morgan fingerprint density at radius 1 is 1.53 bits per heavy atom. The Balaban J connectivity index is 2.28. The average molecular weight is 235 g/mol. The number of amides is 3. The molecule has 2 rings (SSSR count). The third-order valence-corrected chi connectivity index (χ3v) is 2.63. The van der Waals surface area contributed by atoms with Gasteiger partial charge in [-0.05, 0) is 12.1 Å². The molecule has 1 fully saturated rings. The number of anilines is 1. The molecule has 7 heteroatoms. The number of hydrogen-bond acceptors (Lipinski definition) is 4. The van der Waals surface area contributed by atoms with E-state index in [1.165, 1.54) is 17.2 Å². The third kappa shape index (κ3) is 2.04. The zero-order valence-electron chi connectivity index (χ0n) is 9.38. The second-order valence-electron chi connectivity index (χ2n) is 3.73. The van der Waals surface area contributed by atoms with E-state index in [4.69, 9.17) is 5.84 Å². The lowest BCUT2D eigenvalue weighted by Crippen LogP contribution is -2.32. The molecule has 2 heterocycles. The SMILES string of the molecule is CN1CCN(c2cc(C(=O)NN)ccn2)C1=O. The minimum absolute atomic E-state index is 0.122. The number of nitrogens with zero attached hydrogens (tertiary/aromatic N) is 3. The Morgan fingerprint density at radius 3 is 2.88 bits per heavy atom. The Labute approximate surface area is 98.2 Å². The summed E-state index contributed by atoms with van der Waals surface area (Å²) < 4.78 is 0. The summed E-state index contributed by atoms with van der Waals surface area (Å²) in [7, 11) is 1.72. The molecule has 0 aliphatic carbocycles. The molecule has 3 amide bonds. The van der Waals surface area contributed by atoms with Gasteiger partial charge in [-0.25, -0.2) is 15.6 Å². The minimum Gasteiger partial charge on any atom is -0.326 e. The molecule has 0 unspecified atom stereocenters. The van der Waals surface area contributed by atoms with Gasteiger partial charge in [0.05, 0.1) is 0 Å². The van der Waals surface area contributed by atoms with Crippen LogP contribution in [0.1, 0.15) is 10.4 Å². The van der Waals surface area contributed by atoms with Crippen LogP contribution in [0.3, 0.4) is 0 Å². The van der Waals surface area contributed by atoms with Gasteiger partial charge in [-0.3, -0.25) is 15.1 Å². The topological polar surface area (TPSA) is 91.6 Å². The van der Waals surface area contributed by atoms with Crippen molar-refractivity contribution in [3.05, 3.63) is 23.9 Å². The number of likely N-dealkylation sites (N-methyl/N-ethyl adjacent to an activating group) is 1. The maximum atomic E-state index is 11.7. The molecule has 0 aromatic carbocycles. The van der Waals surface area contributed by atoms with Gasteiger partial charge >= 0.3 is 6.03 Å². The number of urea groups is 1. The van der Waals surface area contributed by atoms with Crippen LogP contribution in [0.2, 0.25) is 0 Å². The van der Waals surface area contributed by atoms with Crippen molar-refractivity contribution in [1.82, 2.24) is 15.3 Å². The molecule has 0 bridgehead atoms. The van der Waals surface area contributed by atoms with Crippen LogP contribution in [0.25, 0.3) is 0 Å². The maximum absolute atomic E-state index is 11.7. The number of hydrogen-bond donors (Lipinski definition) is 2. The molecule has 0 spiro atoms. The van der Waals surface area contributed by atoms with E-state index in [9.17, 15) is 9.59 Å². The number of pyridine rings is 1. The van der Waals surface area contributed by atoms with Crippen LogP contribution in [0.4, 0.5) is 10.6 Å². The van der Waals surface area contributed by atoms with E-state index in [0.29, 0.717) is 24.5 Å². The highest BCUT2D eigenvalue weighted by Gasteiger charge is 2.27. The van der Waals surface area contributed by atoms with Crippen molar-refractivity contribution in [2.45, 2.75) is 0 Å². The van der Waals surface area contributed by atoms with Gasteiger partial charge in [-0.1, -0.05) is 0 Å². The van der Waals surface area contributed by atoms with E-state index in [1.807, 2.05) is 5.43 Å². The van der Waals surface area contributed by atoms with Gasteiger partial charge in [0.25, 0.3) is 5.91 Å². The Bertz CT molecular complexity index is 462. The molecule has 1 aromatic rings. The fourth-order valence-electron chi connectivity index (χ4n) is 1.65. The Morgan fingerprint density at radius 2 is 2.29 bits per heavy atom. The van der Waals surface area contributed by atoms with Gasteiger partial charge in [0.2, 0.25) is 0 Å². The highest BCUT2D eigenvalue weighted by molar-refractivity contribution is 5.97. The van der Waals surface area contributed by atoms with Gasteiger partial charge in [-0.15, -0.1) is 0 Å². The van der Waals surface area contributed by atoms with Gasteiger partial charge in [-0.2, -0.15) is 0 Å². The van der Waals surface area contributed by atoms with Crippen molar-refractivity contribution in [3.63, 3.8) is 0 Å². The first-order valence-corrected chi connectivity index (χ1v) is 5.13. The summed E-state index contributed by atoms with van der Waals surface area (Å²) in [6.45, 7) is 1.21. The van der Waals surface area contributed by atoms with Crippen LogP contribution in [0, 0.1) is 0 Å². The lowest BCUT2D eigenvalue weighted by Gasteiger charge is -2.15. The third-order valence-electron chi connectivity index (χ3n) is 2.63. The van der Waals surface area contributed by atoms with Gasteiger partial charge in [0, 0.05) is 31.9 Å². The number of nitrogens with two attached hydrogens (primary N) is 1. The van der Waals surface area contributed by atoms with E-state index >= 15 is 0 Å². The zero-order valence-corrected chi connectivity index (χ0v) is 9.38. The molecule has 0 atom stereocenters. The van der Waals surface area contributed by atoms with Gasteiger partial charge in [0.15, 0.2) is 0 Å². The van der Waals surface area contributed by atoms with E-state index in [-0.39, 0.29) is 6.03 Å². The number of aromatic nitrogens is 1. The first-order chi connectivity index (χ1) is 8.13. The van der Waals surface area contributed by atoms with Crippen LogP contribution in [0.5, 0.6) is 0 Å². The molecule has 1 saturated heterocycles. The van der Waals surface area contributed by atoms with E-state index in [0.717, 1.165) is 0 Å². The van der Waals surface area contributed by atoms with Crippen LogP contribution in [0.15, 0.2) is 18.3 Å². The van der Waals surface area contributed by atoms with Crippen molar-refractivity contribution < 1.29 is 9.59 Å². The van der Waals surface area contributed by atoms with E-state index < -0.39 is 5.91 Å². The molecule has 7 nitrogen and oxygen atoms in total. The van der Waals surface area contributed by atoms with Crippen molar-refractivity contribution >= 4 is 17.8 Å². The Hall–Kier alpha value is -2.15. The summed E-state index contributed by atoms with van der Waals surface area (Å²) in [5.74, 6) is 5.10. The highest BCUT2D eigenvalue weighted by atomic mass is 16.2. The van der Waals surface area contributed by atoms with Crippen molar-refractivity contribution in [2.75, 3.05) is 25.0 Å². The predicted molar refractivity (Wildman–Crippen MR) is 61.3 cm³/mol. The second kappa shape index (κ2) is 4.38. The zero-order chi connectivity index (χ0) is 12.4. The smallest absolute Gasteiger partial charge is 0.325 e. The average Bonchev–Trinajstić information content (AvgIpc) is 2.69. The normalized spacial score (nSPS) is 15.3. The summed E-state index contributed by atoms with van der Waals surface area (Å²) >= 11 is 0. The Kier molecular flexibility index (Phi) is 2.92. The number of rotatable bonds is 2. The van der Waals surface area contributed by atoms with Gasteiger partial charge < -0.3 is 4.90 Å². The first kappa shape index (κ1) is 11.3. The molecule has 3 N–H and O–H groups in total. The lowest BCUT2D eigenvalue weighted by molar-refractivity contribution is 0.0953. The highest BCUT2D eigenvalue weighted by Crippen LogP contribution is 2.17. The van der Waals surface area contributed by atoms with E-state index in [1.54, 1.807) is 18.0 Å². The lowest BCUT2D eigenvalue weighted by atomic mass is 10.2. The van der Waals surface area contributed by atoms with Crippen LogP contribution in [-0.2, 0) is 0 Å². The van der Waals surface area contributed by atoms with Gasteiger partial charge in [0.1, 0.15) is 5.82 Å². The molecule has 0 radical (unpaired) electrons. The molecule has 0 saturated carbocycles. The molecule has 1 aromatic heterocycles. The van der Waals surface area contributed by atoms with Crippen molar-refractivity contribution in [3.8, 4) is 0 Å². The molecule has 90 valence electrons. The molecule has 1 aliphatic rings. The summed E-state index contributed by atoms with van der Waals surface area (Å²) in [5.41, 5.74) is 2.41. The largest absolute Gasteiger partial charge is 0.326 e. The molecular formula is C10H13N5O2. The summed E-state index contributed by atoms with van der Waals surface area (Å²) in [5, 5.41) is 0. The molecular weight excluding hydrogens is 222 g/mol. The van der Waals surface area contributed by atoms with Crippen LogP contribution in [-0.4, -0.2) is 42.0 Å². The number of carbonyl (C=O) groups is 2. The number of nitrogen functional groups attached to an aromatic ring is 1. The summed E-state index contributed by atoms with van der Waals surface area (Å²) in [6.07, 6.45) is 1.48. The van der Waals surface area contributed by atoms with Crippen molar-refractivity contribution in [2.24, 2.45) is 5.84 Å². The first-order valence-electron chi connectivity index (χ1n) is 5.13.